The summed E-state index contributed by atoms with van der Waals surface area (Å²) in [5, 5.41) is 0. The Hall–Kier alpha value is -2.88. The Kier molecular flexibility index (Phi) is 4.33. The fourth-order valence-electron chi connectivity index (χ4n) is 3.78. The van der Waals surface area contributed by atoms with Crippen LogP contribution >= 0.6 is 0 Å². The van der Waals surface area contributed by atoms with E-state index in [0.29, 0.717) is 0 Å². The van der Waals surface area contributed by atoms with E-state index in [0.717, 1.165) is 47.7 Å². The fourth-order valence-corrected chi connectivity index (χ4v) is 3.78. The molecule has 0 radical (unpaired) electrons. The van der Waals surface area contributed by atoms with Crippen LogP contribution in [0.1, 0.15) is 29.2 Å². The van der Waals surface area contributed by atoms with Gasteiger partial charge in [-0.1, -0.05) is 37.3 Å². The highest BCUT2D eigenvalue weighted by Crippen LogP contribution is 2.33. The van der Waals surface area contributed by atoms with Crippen LogP contribution in [0, 0.1) is 0 Å². The molecule has 0 fully saturated rings. The summed E-state index contributed by atoms with van der Waals surface area (Å²) in [6.07, 6.45) is 3.95. The summed E-state index contributed by atoms with van der Waals surface area (Å²) in [5.41, 5.74) is 6.62. The lowest BCUT2D eigenvalue weighted by molar-refractivity contribution is -0.126. The van der Waals surface area contributed by atoms with Crippen LogP contribution in [0.5, 0.6) is 5.75 Å². The van der Waals surface area contributed by atoms with Crippen LogP contribution in [0.2, 0.25) is 0 Å². The number of aryl methyl sites for hydroxylation is 1. The zero-order valence-electron chi connectivity index (χ0n) is 15.2. The van der Waals surface area contributed by atoms with Crippen LogP contribution in [0.4, 0.5) is 0 Å². The van der Waals surface area contributed by atoms with Gasteiger partial charge in [-0.25, -0.2) is 0 Å². The number of hydrogen-bond acceptors (Lipinski definition) is 3. The van der Waals surface area contributed by atoms with Crippen molar-refractivity contribution in [1.82, 2.24) is 4.90 Å². The number of aliphatic imine (C=N–C) groups is 1. The molecule has 1 amide bonds. The molecule has 2 aliphatic rings. The molecule has 0 spiro atoms. The van der Waals surface area contributed by atoms with Crippen molar-refractivity contribution in [3.05, 3.63) is 70.8 Å². The van der Waals surface area contributed by atoms with E-state index in [9.17, 15) is 4.79 Å². The Morgan fingerprint density at radius 2 is 2.04 bits per heavy atom. The van der Waals surface area contributed by atoms with Crippen LogP contribution in [0.15, 0.2) is 53.5 Å². The fraction of sp³-hybridized carbons (Fsp3) is 0.273. The van der Waals surface area contributed by atoms with Crippen molar-refractivity contribution in [2.24, 2.45) is 4.99 Å². The maximum absolute atomic E-state index is 12.7. The van der Waals surface area contributed by atoms with Crippen molar-refractivity contribution in [2.75, 3.05) is 20.2 Å². The number of methoxy groups -OCH3 is 1. The summed E-state index contributed by atoms with van der Waals surface area (Å²) in [4.78, 5) is 19.1. The predicted octanol–water partition coefficient (Wildman–Crippen LogP) is 3.49. The standard InChI is InChI=1S/C22H22N2O2/c1-3-15-6-5-9-19-18(15)10-11-24-21(19)13-20(23-14-22(24)25)16-7-4-8-17(12-16)26-2/h4-9,12-13H,3,10-11,14H2,1-2H3. The first kappa shape index (κ1) is 16.6. The molecule has 0 aliphatic carbocycles. The van der Waals surface area contributed by atoms with Crippen molar-refractivity contribution in [2.45, 2.75) is 19.8 Å². The zero-order valence-corrected chi connectivity index (χ0v) is 15.2. The van der Waals surface area contributed by atoms with Gasteiger partial charge in [0.25, 0.3) is 0 Å². The Morgan fingerprint density at radius 3 is 2.85 bits per heavy atom. The topological polar surface area (TPSA) is 41.9 Å². The largest absolute Gasteiger partial charge is 0.497 e. The molecule has 0 N–H and O–H groups in total. The lowest BCUT2D eigenvalue weighted by Crippen LogP contribution is -2.36. The molecule has 2 aromatic carbocycles. The summed E-state index contributed by atoms with van der Waals surface area (Å²) >= 11 is 0. The number of rotatable bonds is 3. The molecule has 0 saturated carbocycles. The molecule has 26 heavy (non-hydrogen) atoms. The van der Waals surface area contributed by atoms with Crippen molar-refractivity contribution < 1.29 is 9.53 Å². The molecule has 0 saturated heterocycles. The minimum atomic E-state index is 0.0571. The van der Waals surface area contributed by atoms with Gasteiger partial charge in [0.15, 0.2) is 0 Å². The number of benzene rings is 2. The molecule has 2 aromatic rings. The Balaban J connectivity index is 1.85. The van der Waals surface area contributed by atoms with Gasteiger partial charge in [-0.3, -0.25) is 9.79 Å². The monoisotopic (exact) mass is 346 g/mol. The smallest absolute Gasteiger partial charge is 0.248 e. The highest BCUT2D eigenvalue weighted by Gasteiger charge is 2.29. The molecule has 2 heterocycles. The van der Waals surface area contributed by atoms with E-state index in [1.54, 1.807) is 7.11 Å². The maximum Gasteiger partial charge on any atom is 0.248 e. The van der Waals surface area contributed by atoms with Crippen molar-refractivity contribution in [3.63, 3.8) is 0 Å². The molecule has 4 rings (SSSR count). The molecule has 0 bridgehead atoms. The van der Waals surface area contributed by atoms with Gasteiger partial charge < -0.3 is 9.64 Å². The molecule has 2 aliphatic heterocycles. The SMILES string of the molecule is CCc1cccc2c1CCN1C(=O)CN=C(c3cccc(OC)c3)C=C21. The van der Waals surface area contributed by atoms with Crippen LogP contribution < -0.4 is 4.74 Å². The molecular formula is C22H22N2O2. The quantitative estimate of drug-likeness (QED) is 0.854. The minimum absolute atomic E-state index is 0.0571. The number of nitrogens with zero attached hydrogens (tertiary/aromatic N) is 2. The normalized spacial score (nSPS) is 16.2. The van der Waals surface area contributed by atoms with Gasteiger partial charge in [0.2, 0.25) is 5.91 Å². The molecule has 0 atom stereocenters. The van der Waals surface area contributed by atoms with E-state index in [-0.39, 0.29) is 12.5 Å². The lowest BCUT2D eigenvalue weighted by Gasteiger charge is -2.31. The van der Waals surface area contributed by atoms with E-state index in [4.69, 9.17) is 4.74 Å². The van der Waals surface area contributed by atoms with Gasteiger partial charge in [0.05, 0.1) is 18.5 Å². The molecule has 4 heteroatoms. The first-order chi connectivity index (χ1) is 12.7. The van der Waals surface area contributed by atoms with Crippen molar-refractivity contribution >= 4 is 17.3 Å². The molecular weight excluding hydrogens is 324 g/mol. The third kappa shape index (κ3) is 2.81. The number of ether oxygens (including phenoxy) is 1. The molecule has 132 valence electrons. The number of carbonyl (C=O) groups excluding carboxylic acids is 1. The highest BCUT2D eigenvalue weighted by molar-refractivity contribution is 6.15. The van der Waals surface area contributed by atoms with Gasteiger partial charge in [-0.05, 0) is 42.2 Å². The second-order valence-corrected chi connectivity index (χ2v) is 6.56. The van der Waals surface area contributed by atoms with Crippen LogP contribution in [0.25, 0.3) is 5.70 Å². The number of allylic oxidation sites excluding steroid dienone is 1. The van der Waals surface area contributed by atoms with Crippen molar-refractivity contribution in [1.29, 1.82) is 0 Å². The van der Waals surface area contributed by atoms with Gasteiger partial charge in [0, 0.05) is 17.7 Å². The van der Waals surface area contributed by atoms with E-state index < -0.39 is 0 Å². The van der Waals surface area contributed by atoms with Gasteiger partial charge in [-0.15, -0.1) is 0 Å². The van der Waals surface area contributed by atoms with Crippen LogP contribution in [-0.2, 0) is 17.6 Å². The van der Waals surface area contributed by atoms with E-state index in [2.05, 4.69) is 36.2 Å². The number of carbonyl (C=O) groups is 1. The minimum Gasteiger partial charge on any atom is -0.497 e. The highest BCUT2D eigenvalue weighted by atomic mass is 16.5. The average molecular weight is 346 g/mol. The number of hydrogen-bond donors (Lipinski definition) is 0. The summed E-state index contributed by atoms with van der Waals surface area (Å²) in [6, 6.07) is 14.2. The second kappa shape index (κ2) is 6.79. The van der Waals surface area contributed by atoms with Gasteiger partial charge in [-0.2, -0.15) is 0 Å². The Labute approximate surface area is 153 Å². The lowest BCUT2D eigenvalue weighted by atomic mass is 9.90. The summed E-state index contributed by atoms with van der Waals surface area (Å²) < 4.78 is 5.34. The van der Waals surface area contributed by atoms with Gasteiger partial charge in [0.1, 0.15) is 12.3 Å². The van der Waals surface area contributed by atoms with Gasteiger partial charge >= 0.3 is 0 Å². The second-order valence-electron chi connectivity index (χ2n) is 6.56. The zero-order chi connectivity index (χ0) is 18.1. The Bertz CT molecular complexity index is 927. The first-order valence-corrected chi connectivity index (χ1v) is 9.03. The van der Waals surface area contributed by atoms with Crippen molar-refractivity contribution in [3.8, 4) is 5.75 Å². The number of amides is 1. The van der Waals surface area contributed by atoms with Crippen LogP contribution in [0.3, 0.4) is 0 Å². The van der Waals surface area contributed by atoms with E-state index in [1.165, 1.54) is 11.1 Å². The van der Waals surface area contributed by atoms with Crippen LogP contribution in [-0.4, -0.2) is 36.7 Å². The molecule has 0 unspecified atom stereocenters. The van der Waals surface area contributed by atoms with E-state index >= 15 is 0 Å². The average Bonchev–Trinajstić information content (AvgIpc) is 2.86. The summed E-state index contributed by atoms with van der Waals surface area (Å²) in [7, 11) is 1.65. The third-order valence-electron chi connectivity index (χ3n) is 5.13. The number of fused-ring (bicyclic) bond motifs is 3. The molecule has 0 aromatic heterocycles. The predicted molar refractivity (Wildman–Crippen MR) is 104 cm³/mol. The summed E-state index contributed by atoms with van der Waals surface area (Å²) in [6.45, 7) is 3.07. The first-order valence-electron chi connectivity index (χ1n) is 9.03. The summed E-state index contributed by atoms with van der Waals surface area (Å²) in [5.74, 6) is 0.843. The van der Waals surface area contributed by atoms with E-state index in [1.807, 2.05) is 29.2 Å². The molecule has 4 nitrogen and oxygen atoms in total. The maximum atomic E-state index is 12.7. The Morgan fingerprint density at radius 1 is 1.19 bits per heavy atom. The third-order valence-corrected chi connectivity index (χ3v) is 5.13.